The minimum absolute atomic E-state index is 0.112. The number of hydrogen-bond acceptors (Lipinski definition) is 4. The van der Waals surface area contributed by atoms with Crippen LogP contribution in [0.3, 0.4) is 0 Å². The third-order valence-electron chi connectivity index (χ3n) is 3.20. The Morgan fingerprint density at radius 1 is 1.10 bits per heavy atom. The van der Waals surface area contributed by atoms with Crippen molar-refractivity contribution in [1.29, 1.82) is 0 Å². The van der Waals surface area contributed by atoms with Gasteiger partial charge in [0.25, 0.3) is 0 Å². The maximum absolute atomic E-state index is 9.30. The quantitative estimate of drug-likeness (QED) is 0.783. The van der Waals surface area contributed by atoms with Crippen LogP contribution in [0.5, 0.6) is 0 Å². The Balaban J connectivity index is 2.13. The second-order valence-electron chi connectivity index (χ2n) is 4.94. The van der Waals surface area contributed by atoms with Gasteiger partial charge in [0, 0.05) is 19.6 Å². The van der Waals surface area contributed by atoms with Gasteiger partial charge in [-0.15, -0.1) is 0 Å². The van der Waals surface area contributed by atoms with Gasteiger partial charge in [-0.3, -0.25) is 0 Å². The van der Waals surface area contributed by atoms with E-state index in [2.05, 4.69) is 34.3 Å². The molecule has 0 unspecified atom stereocenters. The highest BCUT2D eigenvalue weighted by Gasteiger charge is 2.09. The van der Waals surface area contributed by atoms with Crippen molar-refractivity contribution in [1.82, 2.24) is 4.98 Å². The number of nitrogens with zero attached hydrogens (tertiary/aromatic N) is 2. The fourth-order valence-electron chi connectivity index (χ4n) is 2.15. The molecular weight excluding hydrogens is 262 g/mol. The number of pyridine rings is 1. The normalized spacial score (nSPS) is 10.4. The molecule has 2 N–H and O–H groups in total. The summed E-state index contributed by atoms with van der Waals surface area (Å²) < 4.78 is 0. The zero-order valence-corrected chi connectivity index (χ0v) is 12.5. The second kappa shape index (κ2) is 8.27. The molecule has 0 aliphatic heterocycles. The van der Waals surface area contributed by atoms with Crippen molar-refractivity contribution < 1.29 is 5.11 Å². The Bertz CT molecular complexity index is 531. The van der Waals surface area contributed by atoms with Crippen LogP contribution >= 0.6 is 0 Å². The van der Waals surface area contributed by atoms with Crippen molar-refractivity contribution >= 4 is 11.6 Å². The van der Waals surface area contributed by atoms with Crippen LogP contribution in [-0.4, -0.2) is 29.8 Å². The molecule has 4 heteroatoms. The minimum atomic E-state index is 0.112. The van der Waals surface area contributed by atoms with Gasteiger partial charge in [-0.05, 0) is 24.1 Å². The van der Waals surface area contributed by atoms with Crippen LogP contribution in [0.25, 0.3) is 0 Å². The molecule has 0 amide bonds. The average Bonchev–Trinajstić information content (AvgIpc) is 2.54. The lowest BCUT2D eigenvalue weighted by Gasteiger charge is -2.23. The van der Waals surface area contributed by atoms with Gasteiger partial charge in [-0.25, -0.2) is 4.98 Å². The zero-order valence-electron chi connectivity index (χ0n) is 12.5. The lowest BCUT2D eigenvalue weighted by Crippen LogP contribution is -2.27. The van der Waals surface area contributed by atoms with Gasteiger partial charge in [-0.2, -0.15) is 0 Å². The van der Waals surface area contributed by atoms with E-state index in [4.69, 9.17) is 0 Å². The van der Waals surface area contributed by atoms with Crippen molar-refractivity contribution in [2.24, 2.45) is 0 Å². The highest BCUT2D eigenvalue weighted by Crippen LogP contribution is 2.17. The minimum Gasteiger partial charge on any atom is -0.395 e. The van der Waals surface area contributed by atoms with Crippen molar-refractivity contribution in [2.45, 2.75) is 19.9 Å². The van der Waals surface area contributed by atoms with Crippen LogP contribution < -0.4 is 10.2 Å². The summed E-state index contributed by atoms with van der Waals surface area (Å²) in [6.07, 6.45) is 1.07. The molecule has 2 rings (SSSR count). The molecular formula is C17H23N3O. The van der Waals surface area contributed by atoms with E-state index in [9.17, 15) is 5.11 Å². The van der Waals surface area contributed by atoms with Crippen LogP contribution in [-0.2, 0) is 6.54 Å². The van der Waals surface area contributed by atoms with Gasteiger partial charge in [0.2, 0.25) is 0 Å². The van der Waals surface area contributed by atoms with Crippen LogP contribution in [0.2, 0.25) is 0 Å². The molecule has 1 heterocycles. The van der Waals surface area contributed by atoms with E-state index in [1.807, 2.05) is 36.4 Å². The molecule has 0 saturated carbocycles. The number of aliphatic hydroxyl groups is 1. The maximum atomic E-state index is 9.30. The molecule has 0 saturated heterocycles. The summed E-state index contributed by atoms with van der Waals surface area (Å²) in [6, 6.07) is 16.2. The Labute approximate surface area is 126 Å². The number of nitrogens with one attached hydrogen (secondary N) is 1. The Morgan fingerprint density at radius 3 is 2.62 bits per heavy atom. The maximum Gasteiger partial charge on any atom is 0.131 e. The number of rotatable bonds is 8. The molecule has 0 radical (unpaired) electrons. The standard InChI is InChI=1S/C17H23N3O/c1-2-11-18-16-9-6-10-17(19-16)20(12-13-21)14-15-7-4-3-5-8-15/h3-10,21H,2,11-14H2,1H3,(H,18,19). The molecule has 0 aliphatic rings. The molecule has 4 nitrogen and oxygen atoms in total. The number of benzene rings is 1. The highest BCUT2D eigenvalue weighted by molar-refractivity contribution is 5.47. The van der Waals surface area contributed by atoms with E-state index in [1.165, 1.54) is 5.56 Å². The Kier molecular flexibility index (Phi) is 6.03. The first-order valence-electron chi connectivity index (χ1n) is 7.44. The van der Waals surface area contributed by atoms with Crippen LogP contribution in [0.4, 0.5) is 11.6 Å². The summed E-state index contributed by atoms with van der Waals surface area (Å²) in [5.74, 6) is 1.76. The zero-order chi connectivity index (χ0) is 14.9. The van der Waals surface area contributed by atoms with E-state index in [0.29, 0.717) is 6.54 Å². The summed E-state index contributed by atoms with van der Waals surface area (Å²) in [5, 5.41) is 12.6. The van der Waals surface area contributed by atoms with Gasteiger partial charge in [0.15, 0.2) is 0 Å². The molecule has 21 heavy (non-hydrogen) atoms. The third kappa shape index (κ3) is 4.76. The monoisotopic (exact) mass is 285 g/mol. The van der Waals surface area contributed by atoms with E-state index >= 15 is 0 Å². The molecule has 0 atom stereocenters. The Hall–Kier alpha value is -2.07. The predicted octanol–water partition coefficient (Wildman–Crippen LogP) is 2.90. The van der Waals surface area contributed by atoms with E-state index in [-0.39, 0.29) is 6.61 Å². The predicted molar refractivity (Wildman–Crippen MR) is 87.6 cm³/mol. The smallest absolute Gasteiger partial charge is 0.131 e. The number of anilines is 2. The van der Waals surface area contributed by atoms with E-state index < -0.39 is 0 Å². The largest absolute Gasteiger partial charge is 0.395 e. The van der Waals surface area contributed by atoms with Gasteiger partial charge in [0.1, 0.15) is 11.6 Å². The number of aromatic nitrogens is 1. The summed E-state index contributed by atoms with van der Waals surface area (Å²) in [6.45, 7) is 4.46. The summed E-state index contributed by atoms with van der Waals surface area (Å²) in [7, 11) is 0. The average molecular weight is 285 g/mol. The molecule has 0 fully saturated rings. The number of hydrogen-bond donors (Lipinski definition) is 2. The first-order valence-corrected chi connectivity index (χ1v) is 7.44. The third-order valence-corrected chi connectivity index (χ3v) is 3.20. The van der Waals surface area contributed by atoms with E-state index in [0.717, 1.165) is 31.1 Å². The number of aliphatic hydroxyl groups excluding tert-OH is 1. The highest BCUT2D eigenvalue weighted by atomic mass is 16.3. The molecule has 112 valence electrons. The van der Waals surface area contributed by atoms with Crippen molar-refractivity contribution in [3.05, 3.63) is 54.1 Å². The molecule has 1 aromatic carbocycles. The van der Waals surface area contributed by atoms with Crippen molar-refractivity contribution in [3.63, 3.8) is 0 Å². The van der Waals surface area contributed by atoms with Gasteiger partial charge in [-0.1, -0.05) is 43.3 Å². The van der Waals surface area contributed by atoms with Crippen molar-refractivity contribution in [2.75, 3.05) is 29.9 Å². The SMILES string of the molecule is CCCNc1cccc(N(CCO)Cc2ccccc2)n1. The van der Waals surface area contributed by atoms with Crippen LogP contribution in [0.1, 0.15) is 18.9 Å². The first-order chi connectivity index (χ1) is 10.3. The summed E-state index contributed by atoms with van der Waals surface area (Å²) in [5.41, 5.74) is 1.21. The topological polar surface area (TPSA) is 48.4 Å². The molecule has 0 spiro atoms. The Morgan fingerprint density at radius 2 is 1.90 bits per heavy atom. The van der Waals surface area contributed by atoms with Gasteiger partial charge < -0.3 is 15.3 Å². The van der Waals surface area contributed by atoms with Gasteiger partial charge in [0.05, 0.1) is 6.61 Å². The summed E-state index contributed by atoms with van der Waals surface area (Å²) in [4.78, 5) is 6.72. The lowest BCUT2D eigenvalue weighted by molar-refractivity contribution is 0.301. The van der Waals surface area contributed by atoms with Crippen LogP contribution in [0.15, 0.2) is 48.5 Å². The second-order valence-corrected chi connectivity index (χ2v) is 4.94. The fourth-order valence-corrected chi connectivity index (χ4v) is 2.15. The van der Waals surface area contributed by atoms with Gasteiger partial charge >= 0.3 is 0 Å². The fraction of sp³-hybridized carbons (Fsp3) is 0.353. The molecule has 0 aliphatic carbocycles. The lowest BCUT2D eigenvalue weighted by atomic mass is 10.2. The van der Waals surface area contributed by atoms with Crippen LogP contribution in [0, 0.1) is 0 Å². The first kappa shape index (κ1) is 15.3. The van der Waals surface area contributed by atoms with Crippen molar-refractivity contribution in [3.8, 4) is 0 Å². The summed E-state index contributed by atoms with van der Waals surface area (Å²) >= 11 is 0. The molecule has 1 aromatic heterocycles. The van der Waals surface area contributed by atoms with E-state index in [1.54, 1.807) is 0 Å². The molecule has 0 bridgehead atoms. The molecule has 2 aromatic rings.